The minimum atomic E-state index is -4.72. The summed E-state index contributed by atoms with van der Waals surface area (Å²) < 4.78 is 52.8. The summed E-state index contributed by atoms with van der Waals surface area (Å²) in [6.45, 7) is 2.52. The van der Waals surface area contributed by atoms with Gasteiger partial charge in [-0.15, -0.1) is 0 Å². The SMILES string of the molecule is CC(C)(CC(O)(C=Nc1ccc(C#N)c(C(F)(F)F)c1)CF)c1ccccc1. The molecule has 0 aromatic heterocycles. The molecule has 2 aromatic carbocycles. The van der Waals surface area contributed by atoms with Crippen LogP contribution < -0.4 is 0 Å². The molecule has 0 fully saturated rings. The molecule has 0 aliphatic heterocycles. The lowest BCUT2D eigenvalue weighted by atomic mass is 9.76. The van der Waals surface area contributed by atoms with E-state index < -0.39 is 35.0 Å². The number of aliphatic imine (C=N–C) groups is 1. The molecule has 0 spiro atoms. The molecule has 7 heteroatoms. The van der Waals surface area contributed by atoms with Crippen LogP contribution in [0.3, 0.4) is 0 Å². The van der Waals surface area contributed by atoms with Gasteiger partial charge in [-0.1, -0.05) is 44.2 Å². The number of nitriles is 1. The third-order valence-electron chi connectivity index (χ3n) is 4.42. The summed E-state index contributed by atoms with van der Waals surface area (Å²) in [5.41, 5.74) is -3.46. The molecule has 0 heterocycles. The minimum absolute atomic E-state index is 0.0214. The third kappa shape index (κ3) is 5.17. The summed E-state index contributed by atoms with van der Waals surface area (Å²) in [6, 6.07) is 13.6. The molecule has 0 aliphatic carbocycles. The Hall–Kier alpha value is -2.72. The zero-order valence-electron chi connectivity index (χ0n) is 15.5. The van der Waals surface area contributed by atoms with Crippen LogP contribution in [-0.2, 0) is 11.6 Å². The van der Waals surface area contributed by atoms with Gasteiger partial charge in [-0.25, -0.2) is 4.39 Å². The zero-order valence-corrected chi connectivity index (χ0v) is 15.5. The van der Waals surface area contributed by atoms with E-state index in [1.54, 1.807) is 0 Å². The van der Waals surface area contributed by atoms with Crippen LogP contribution in [0.5, 0.6) is 0 Å². The number of benzene rings is 2. The standard InChI is InChI=1S/C21H20F4N2O/c1-19(2,16-6-4-3-5-7-16)12-20(28,13-22)14-27-17-9-8-15(11-26)18(10-17)21(23,24)25/h3-10,14,28H,12-13H2,1-2H3. The molecule has 0 radical (unpaired) electrons. The average molecular weight is 392 g/mol. The van der Waals surface area contributed by atoms with Crippen molar-refractivity contribution in [2.24, 2.45) is 4.99 Å². The molecule has 0 saturated carbocycles. The summed E-state index contributed by atoms with van der Waals surface area (Å²) in [5, 5.41) is 19.4. The van der Waals surface area contributed by atoms with Gasteiger partial charge in [-0.2, -0.15) is 18.4 Å². The van der Waals surface area contributed by atoms with Gasteiger partial charge in [0.05, 0.1) is 22.9 Å². The molecule has 3 nitrogen and oxygen atoms in total. The topological polar surface area (TPSA) is 56.4 Å². The van der Waals surface area contributed by atoms with Gasteiger partial charge in [0.1, 0.15) is 12.3 Å². The van der Waals surface area contributed by atoms with E-state index in [4.69, 9.17) is 5.26 Å². The van der Waals surface area contributed by atoms with E-state index >= 15 is 0 Å². The fourth-order valence-corrected chi connectivity index (χ4v) is 3.02. The third-order valence-corrected chi connectivity index (χ3v) is 4.42. The van der Waals surface area contributed by atoms with E-state index in [-0.39, 0.29) is 12.1 Å². The summed E-state index contributed by atoms with van der Waals surface area (Å²) in [6.07, 6.45) is -3.81. The summed E-state index contributed by atoms with van der Waals surface area (Å²) in [5.74, 6) is 0. The molecule has 1 unspecified atom stereocenters. The lowest BCUT2D eigenvalue weighted by Gasteiger charge is -2.32. The number of aliphatic hydroxyl groups is 1. The fraction of sp³-hybridized carbons (Fsp3) is 0.333. The first-order valence-corrected chi connectivity index (χ1v) is 8.51. The number of rotatable bonds is 6. The maximum absolute atomic E-state index is 13.6. The predicted molar refractivity (Wildman–Crippen MR) is 99.3 cm³/mol. The monoisotopic (exact) mass is 392 g/mol. The summed E-state index contributed by atoms with van der Waals surface area (Å²) >= 11 is 0. The van der Waals surface area contributed by atoms with Gasteiger partial charge in [-0.3, -0.25) is 4.99 Å². The lowest BCUT2D eigenvalue weighted by Crippen LogP contribution is -2.40. The number of hydrogen-bond acceptors (Lipinski definition) is 3. The van der Waals surface area contributed by atoms with Crippen molar-refractivity contribution < 1.29 is 22.7 Å². The van der Waals surface area contributed by atoms with E-state index in [0.29, 0.717) is 6.07 Å². The second-order valence-corrected chi connectivity index (χ2v) is 7.26. The van der Waals surface area contributed by atoms with Gasteiger partial charge >= 0.3 is 6.18 Å². The van der Waals surface area contributed by atoms with Crippen LogP contribution >= 0.6 is 0 Å². The quantitative estimate of drug-likeness (QED) is 0.532. The molecule has 2 aromatic rings. The summed E-state index contributed by atoms with van der Waals surface area (Å²) in [7, 11) is 0. The molecule has 0 bridgehead atoms. The highest BCUT2D eigenvalue weighted by molar-refractivity contribution is 5.73. The van der Waals surface area contributed by atoms with Crippen LogP contribution in [0.15, 0.2) is 53.5 Å². The Kier molecular flexibility index (Phi) is 6.25. The fourth-order valence-electron chi connectivity index (χ4n) is 3.02. The molecular formula is C21H20F4N2O. The molecule has 0 amide bonds. The van der Waals surface area contributed by atoms with Crippen molar-refractivity contribution in [1.82, 2.24) is 0 Å². The van der Waals surface area contributed by atoms with Crippen molar-refractivity contribution in [3.63, 3.8) is 0 Å². The van der Waals surface area contributed by atoms with Crippen LogP contribution in [0.1, 0.15) is 37.0 Å². The highest BCUT2D eigenvalue weighted by Gasteiger charge is 2.35. The Labute approximate surface area is 161 Å². The number of hydrogen-bond donors (Lipinski definition) is 1. The second-order valence-electron chi connectivity index (χ2n) is 7.26. The van der Waals surface area contributed by atoms with Crippen molar-refractivity contribution in [2.45, 2.75) is 37.5 Å². The molecule has 148 valence electrons. The van der Waals surface area contributed by atoms with Crippen LogP contribution in [0, 0.1) is 11.3 Å². The second kappa shape index (κ2) is 8.11. The van der Waals surface area contributed by atoms with E-state index in [0.717, 1.165) is 17.8 Å². The Morgan fingerprint density at radius 3 is 2.29 bits per heavy atom. The smallest absolute Gasteiger partial charge is 0.381 e. The van der Waals surface area contributed by atoms with Crippen molar-refractivity contribution in [3.8, 4) is 6.07 Å². The first kappa shape index (κ1) is 21.6. The normalized spacial score (nSPS) is 14.6. The van der Waals surface area contributed by atoms with E-state index in [1.165, 1.54) is 12.1 Å². The summed E-state index contributed by atoms with van der Waals surface area (Å²) in [4.78, 5) is 3.85. The van der Waals surface area contributed by atoms with Gasteiger partial charge in [0.25, 0.3) is 0 Å². The lowest BCUT2D eigenvalue weighted by molar-refractivity contribution is -0.137. The van der Waals surface area contributed by atoms with Crippen molar-refractivity contribution in [2.75, 3.05) is 6.67 Å². The maximum atomic E-state index is 13.6. The predicted octanol–water partition coefficient (Wildman–Crippen LogP) is 5.35. The Morgan fingerprint density at radius 1 is 1.11 bits per heavy atom. The highest BCUT2D eigenvalue weighted by Crippen LogP contribution is 2.35. The van der Waals surface area contributed by atoms with Crippen LogP contribution in [0.2, 0.25) is 0 Å². The average Bonchev–Trinajstić information content (AvgIpc) is 2.66. The van der Waals surface area contributed by atoms with Gasteiger partial charge in [0, 0.05) is 6.21 Å². The van der Waals surface area contributed by atoms with Crippen molar-refractivity contribution in [3.05, 3.63) is 65.2 Å². The molecule has 1 atom stereocenters. The van der Waals surface area contributed by atoms with E-state index in [9.17, 15) is 22.7 Å². The Balaban J connectivity index is 2.31. The first-order valence-electron chi connectivity index (χ1n) is 8.51. The zero-order chi connectivity index (χ0) is 21.0. The molecule has 0 aliphatic rings. The maximum Gasteiger partial charge on any atom is 0.417 e. The van der Waals surface area contributed by atoms with Gasteiger partial charge < -0.3 is 5.11 Å². The number of halogens is 4. The van der Waals surface area contributed by atoms with Gasteiger partial charge in [0.2, 0.25) is 0 Å². The van der Waals surface area contributed by atoms with Crippen LogP contribution in [-0.4, -0.2) is 23.6 Å². The largest absolute Gasteiger partial charge is 0.417 e. The molecule has 2 rings (SSSR count). The van der Waals surface area contributed by atoms with Crippen LogP contribution in [0.25, 0.3) is 0 Å². The molecule has 1 N–H and O–H groups in total. The minimum Gasteiger partial charge on any atom is -0.381 e. The van der Waals surface area contributed by atoms with Gasteiger partial charge in [-0.05, 0) is 35.6 Å². The molecular weight excluding hydrogens is 372 g/mol. The highest BCUT2D eigenvalue weighted by atomic mass is 19.4. The number of alkyl halides is 4. The van der Waals surface area contributed by atoms with Crippen LogP contribution in [0.4, 0.5) is 23.2 Å². The Bertz CT molecular complexity index is 886. The van der Waals surface area contributed by atoms with Crippen molar-refractivity contribution >= 4 is 11.9 Å². The van der Waals surface area contributed by atoms with E-state index in [2.05, 4.69) is 4.99 Å². The molecule has 28 heavy (non-hydrogen) atoms. The first-order chi connectivity index (χ1) is 13.0. The van der Waals surface area contributed by atoms with Gasteiger partial charge in [0.15, 0.2) is 0 Å². The van der Waals surface area contributed by atoms with E-state index in [1.807, 2.05) is 44.2 Å². The van der Waals surface area contributed by atoms with Crippen molar-refractivity contribution in [1.29, 1.82) is 5.26 Å². The molecule has 0 saturated heterocycles. The Morgan fingerprint density at radius 2 is 1.75 bits per heavy atom. The number of nitrogens with zero attached hydrogens (tertiary/aromatic N) is 2.